The van der Waals surface area contributed by atoms with E-state index in [0.717, 1.165) is 11.3 Å². The molecular formula is C17H17FN2O. The molecular weight excluding hydrogens is 267 g/mol. The first kappa shape index (κ1) is 14.9. The van der Waals surface area contributed by atoms with Gasteiger partial charge >= 0.3 is 0 Å². The normalized spacial score (nSPS) is 10.2. The van der Waals surface area contributed by atoms with Gasteiger partial charge in [-0.2, -0.15) is 5.26 Å². The van der Waals surface area contributed by atoms with Crippen molar-refractivity contribution in [3.63, 3.8) is 0 Å². The molecule has 0 bridgehead atoms. The number of hydrogen-bond acceptors (Lipinski definition) is 3. The van der Waals surface area contributed by atoms with E-state index in [4.69, 9.17) is 10.00 Å². The average Bonchev–Trinajstić information content (AvgIpc) is 2.46. The van der Waals surface area contributed by atoms with Crippen molar-refractivity contribution >= 4 is 5.69 Å². The smallest absolute Gasteiger partial charge is 0.124 e. The van der Waals surface area contributed by atoms with E-state index in [2.05, 4.69) is 5.32 Å². The van der Waals surface area contributed by atoms with Gasteiger partial charge in [-0.1, -0.05) is 12.1 Å². The second-order valence-corrected chi connectivity index (χ2v) is 4.97. The summed E-state index contributed by atoms with van der Waals surface area (Å²) in [4.78, 5) is 0. The van der Waals surface area contributed by atoms with Gasteiger partial charge in [0.2, 0.25) is 0 Å². The molecule has 21 heavy (non-hydrogen) atoms. The summed E-state index contributed by atoms with van der Waals surface area (Å²) >= 11 is 0. The Morgan fingerprint density at radius 1 is 1.19 bits per heavy atom. The standard InChI is InChI=1S/C17H17FN2O/c1-12(2)21-16-6-3-13(4-7-16)11-20-17-8-5-15(18)9-14(17)10-19/h3-9,12,20H,11H2,1-2H3. The largest absolute Gasteiger partial charge is 0.491 e. The van der Waals surface area contributed by atoms with Crippen LogP contribution in [0, 0.1) is 17.1 Å². The SMILES string of the molecule is CC(C)Oc1ccc(CNc2ccc(F)cc2C#N)cc1. The number of anilines is 1. The molecule has 0 amide bonds. The highest BCUT2D eigenvalue weighted by Gasteiger charge is 2.04. The van der Waals surface area contributed by atoms with Gasteiger partial charge in [0.15, 0.2) is 0 Å². The van der Waals surface area contributed by atoms with Gasteiger partial charge in [-0.15, -0.1) is 0 Å². The molecule has 2 rings (SSSR count). The third-order valence-corrected chi connectivity index (χ3v) is 2.88. The lowest BCUT2D eigenvalue weighted by atomic mass is 10.1. The number of ether oxygens (including phenoxy) is 1. The highest BCUT2D eigenvalue weighted by Crippen LogP contribution is 2.18. The van der Waals surface area contributed by atoms with Crippen LogP contribution in [0.2, 0.25) is 0 Å². The van der Waals surface area contributed by atoms with Crippen LogP contribution in [-0.4, -0.2) is 6.10 Å². The third kappa shape index (κ3) is 4.22. The molecule has 0 unspecified atom stereocenters. The fraction of sp³-hybridized carbons (Fsp3) is 0.235. The Kier molecular flexibility index (Phi) is 4.78. The highest BCUT2D eigenvalue weighted by atomic mass is 19.1. The molecule has 0 aliphatic carbocycles. The van der Waals surface area contributed by atoms with Crippen LogP contribution in [0.5, 0.6) is 5.75 Å². The number of benzene rings is 2. The van der Waals surface area contributed by atoms with Crippen molar-refractivity contribution < 1.29 is 9.13 Å². The quantitative estimate of drug-likeness (QED) is 0.899. The molecule has 0 aromatic heterocycles. The van der Waals surface area contributed by atoms with Crippen LogP contribution < -0.4 is 10.1 Å². The van der Waals surface area contributed by atoms with E-state index in [1.807, 2.05) is 44.2 Å². The Labute approximate surface area is 124 Å². The Morgan fingerprint density at radius 2 is 1.90 bits per heavy atom. The van der Waals surface area contributed by atoms with E-state index in [0.29, 0.717) is 17.8 Å². The van der Waals surface area contributed by atoms with Gasteiger partial charge in [-0.05, 0) is 49.7 Å². The summed E-state index contributed by atoms with van der Waals surface area (Å²) < 4.78 is 18.6. The van der Waals surface area contributed by atoms with Crippen molar-refractivity contribution in [2.24, 2.45) is 0 Å². The van der Waals surface area contributed by atoms with Crippen LogP contribution in [-0.2, 0) is 6.54 Å². The fourth-order valence-corrected chi connectivity index (χ4v) is 1.92. The molecule has 0 aliphatic heterocycles. The molecule has 0 fully saturated rings. The summed E-state index contributed by atoms with van der Waals surface area (Å²) in [6.45, 7) is 4.52. The maximum absolute atomic E-state index is 13.1. The van der Waals surface area contributed by atoms with E-state index in [9.17, 15) is 4.39 Å². The zero-order valence-corrected chi connectivity index (χ0v) is 12.1. The molecule has 2 aromatic rings. The zero-order valence-electron chi connectivity index (χ0n) is 12.1. The van der Waals surface area contributed by atoms with Gasteiger partial charge in [-0.3, -0.25) is 0 Å². The third-order valence-electron chi connectivity index (χ3n) is 2.88. The number of nitrogens with zero attached hydrogens (tertiary/aromatic N) is 1. The van der Waals surface area contributed by atoms with Gasteiger partial charge in [0, 0.05) is 6.54 Å². The minimum atomic E-state index is -0.410. The number of rotatable bonds is 5. The zero-order chi connectivity index (χ0) is 15.2. The summed E-state index contributed by atoms with van der Waals surface area (Å²) in [5.41, 5.74) is 1.98. The lowest BCUT2D eigenvalue weighted by molar-refractivity contribution is 0.242. The van der Waals surface area contributed by atoms with Crippen LogP contribution in [0.3, 0.4) is 0 Å². The Morgan fingerprint density at radius 3 is 2.52 bits per heavy atom. The molecule has 3 nitrogen and oxygen atoms in total. The molecule has 4 heteroatoms. The van der Waals surface area contributed by atoms with Crippen molar-refractivity contribution in [2.75, 3.05) is 5.32 Å². The van der Waals surface area contributed by atoms with Crippen LogP contribution in [0.15, 0.2) is 42.5 Å². The molecule has 2 aromatic carbocycles. The monoisotopic (exact) mass is 284 g/mol. The predicted octanol–water partition coefficient (Wildman–Crippen LogP) is 4.10. The first-order chi connectivity index (χ1) is 10.1. The second kappa shape index (κ2) is 6.76. The predicted molar refractivity (Wildman–Crippen MR) is 80.6 cm³/mol. The van der Waals surface area contributed by atoms with Gasteiger partial charge in [-0.25, -0.2) is 4.39 Å². The topological polar surface area (TPSA) is 45.0 Å². The molecule has 0 aliphatic rings. The van der Waals surface area contributed by atoms with Crippen molar-refractivity contribution in [1.82, 2.24) is 0 Å². The van der Waals surface area contributed by atoms with Crippen LogP contribution in [0.25, 0.3) is 0 Å². The fourth-order valence-electron chi connectivity index (χ4n) is 1.92. The lowest BCUT2D eigenvalue weighted by Crippen LogP contribution is -2.06. The van der Waals surface area contributed by atoms with E-state index >= 15 is 0 Å². The molecule has 0 saturated heterocycles. The van der Waals surface area contributed by atoms with Crippen LogP contribution in [0.4, 0.5) is 10.1 Å². The summed E-state index contributed by atoms with van der Waals surface area (Å²) in [5, 5.41) is 12.1. The van der Waals surface area contributed by atoms with E-state index in [1.165, 1.54) is 12.1 Å². The molecule has 108 valence electrons. The van der Waals surface area contributed by atoms with Crippen molar-refractivity contribution in [3.8, 4) is 11.8 Å². The molecule has 1 N–H and O–H groups in total. The first-order valence-corrected chi connectivity index (χ1v) is 6.77. The van der Waals surface area contributed by atoms with Gasteiger partial charge in [0.05, 0.1) is 17.4 Å². The number of hydrogen-bond donors (Lipinski definition) is 1. The molecule has 0 saturated carbocycles. The summed E-state index contributed by atoms with van der Waals surface area (Å²) in [6, 6.07) is 13.9. The van der Waals surface area contributed by atoms with Crippen molar-refractivity contribution in [2.45, 2.75) is 26.5 Å². The summed E-state index contributed by atoms with van der Waals surface area (Å²) in [6.07, 6.45) is 0.145. The number of halogens is 1. The highest BCUT2D eigenvalue weighted by molar-refractivity contribution is 5.57. The van der Waals surface area contributed by atoms with E-state index in [1.54, 1.807) is 6.07 Å². The summed E-state index contributed by atoms with van der Waals surface area (Å²) in [5.74, 6) is 0.417. The molecule has 0 radical (unpaired) electrons. The van der Waals surface area contributed by atoms with Crippen molar-refractivity contribution in [1.29, 1.82) is 5.26 Å². The minimum absolute atomic E-state index is 0.145. The Balaban J connectivity index is 2.02. The number of nitrogens with one attached hydrogen (secondary N) is 1. The van der Waals surface area contributed by atoms with Crippen molar-refractivity contribution in [3.05, 3.63) is 59.4 Å². The molecule has 0 heterocycles. The van der Waals surface area contributed by atoms with Gasteiger partial charge in [0.25, 0.3) is 0 Å². The molecule has 0 atom stereocenters. The van der Waals surface area contributed by atoms with Crippen LogP contribution in [0.1, 0.15) is 25.0 Å². The van der Waals surface area contributed by atoms with E-state index in [-0.39, 0.29) is 6.10 Å². The summed E-state index contributed by atoms with van der Waals surface area (Å²) in [7, 11) is 0. The van der Waals surface area contributed by atoms with E-state index < -0.39 is 5.82 Å². The maximum Gasteiger partial charge on any atom is 0.124 e. The first-order valence-electron chi connectivity index (χ1n) is 6.77. The molecule has 0 spiro atoms. The van der Waals surface area contributed by atoms with Crippen LogP contribution >= 0.6 is 0 Å². The van der Waals surface area contributed by atoms with Gasteiger partial charge < -0.3 is 10.1 Å². The van der Waals surface area contributed by atoms with Gasteiger partial charge in [0.1, 0.15) is 17.6 Å². The second-order valence-electron chi connectivity index (χ2n) is 4.97. The minimum Gasteiger partial charge on any atom is -0.491 e. The Bertz CT molecular complexity index is 645. The Hall–Kier alpha value is -2.54. The maximum atomic E-state index is 13.1. The average molecular weight is 284 g/mol. The number of nitriles is 1. The lowest BCUT2D eigenvalue weighted by Gasteiger charge is -2.11.